The zero-order chi connectivity index (χ0) is 29.3. The summed E-state index contributed by atoms with van der Waals surface area (Å²) in [7, 11) is 3.37. The number of nitrogens with zero attached hydrogens (tertiary/aromatic N) is 2. The molecule has 0 aliphatic carbocycles. The quantitative estimate of drug-likeness (QED) is 0.297. The minimum absolute atomic E-state index is 0.152. The summed E-state index contributed by atoms with van der Waals surface area (Å²) in [5, 5.41) is 10.5. The molecule has 1 fully saturated rings. The molecule has 3 aromatic rings. The van der Waals surface area contributed by atoms with E-state index >= 15 is 0 Å². The van der Waals surface area contributed by atoms with Crippen molar-refractivity contribution >= 4 is 68.4 Å². The van der Waals surface area contributed by atoms with Gasteiger partial charge in [0.2, 0.25) is 0 Å². The monoisotopic (exact) mass is 657 g/mol. The van der Waals surface area contributed by atoms with Gasteiger partial charge in [-0.15, -0.1) is 0 Å². The van der Waals surface area contributed by atoms with Gasteiger partial charge in [-0.3, -0.25) is 9.59 Å². The first-order valence-corrected chi connectivity index (χ1v) is 14.8. The van der Waals surface area contributed by atoms with Gasteiger partial charge >= 0.3 is 6.03 Å². The molecule has 0 saturated carbocycles. The van der Waals surface area contributed by atoms with Crippen molar-refractivity contribution in [1.29, 1.82) is 0 Å². The first-order chi connectivity index (χ1) is 19.6. The van der Waals surface area contributed by atoms with Crippen LogP contribution in [0.15, 0.2) is 65.1 Å². The second kappa shape index (κ2) is 11.9. The lowest BCUT2D eigenvalue weighted by molar-refractivity contribution is -0.119. The smallest absolute Gasteiger partial charge is 0.317 e. The predicted octanol–water partition coefficient (Wildman–Crippen LogP) is 6.13. The standard InChI is InChI=1S/C30H30BrCl2N5O3/c1-37(2)29(41)34-22-7-4-12-38(17-22)27(39)23-10-8-19(31)14-25(23)36-30(16-18-5-3-6-20(32)13-18)24-11-9-21(33)15-26(24)35-28(30)40/h3,5-6,8-11,13-15,22,36H,4,7,12,16-17H2,1-2H3,(H,34,41)(H,35,40)/t22-,30?/m0/s1. The Hall–Kier alpha value is -3.27. The summed E-state index contributed by atoms with van der Waals surface area (Å²) in [5.41, 5.74) is 1.86. The highest BCUT2D eigenvalue weighted by molar-refractivity contribution is 9.10. The number of likely N-dealkylation sites (tertiary alicyclic amines) is 1. The van der Waals surface area contributed by atoms with Gasteiger partial charge in [-0.2, -0.15) is 0 Å². The SMILES string of the molecule is CN(C)C(=O)N[C@H]1CCCN(C(=O)c2ccc(Br)cc2NC2(Cc3cccc(Cl)c3)C(=O)Nc3cc(Cl)ccc32)C1. The van der Waals surface area contributed by atoms with Crippen LogP contribution in [0.5, 0.6) is 0 Å². The number of piperidine rings is 1. The maximum atomic E-state index is 14.0. The lowest BCUT2D eigenvalue weighted by Gasteiger charge is -2.35. The molecule has 1 unspecified atom stereocenters. The van der Waals surface area contributed by atoms with Crippen molar-refractivity contribution in [1.82, 2.24) is 15.1 Å². The molecule has 214 valence electrons. The molecule has 1 saturated heterocycles. The Morgan fingerprint density at radius 2 is 1.88 bits per heavy atom. The maximum absolute atomic E-state index is 14.0. The fourth-order valence-electron chi connectivity index (χ4n) is 5.43. The molecule has 2 aliphatic heterocycles. The Morgan fingerprint density at radius 1 is 1.10 bits per heavy atom. The molecule has 4 amide bonds. The number of anilines is 2. The summed E-state index contributed by atoms with van der Waals surface area (Å²) >= 11 is 16.1. The van der Waals surface area contributed by atoms with E-state index in [0.29, 0.717) is 40.1 Å². The van der Waals surface area contributed by atoms with Gasteiger partial charge < -0.3 is 25.8 Å². The van der Waals surface area contributed by atoms with Crippen molar-refractivity contribution in [2.24, 2.45) is 0 Å². The number of hydrogen-bond acceptors (Lipinski definition) is 4. The number of carbonyl (C=O) groups excluding carboxylic acids is 3. The van der Waals surface area contributed by atoms with Gasteiger partial charge in [-0.25, -0.2) is 4.79 Å². The first kappa shape index (κ1) is 29.2. The van der Waals surface area contributed by atoms with Crippen LogP contribution in [0.2, 0.25) is 10.0 Å². The molecule has 0 aromatic heterocycles. The molecule has 2 atom stereocenters. The van der Waals surface area contributed by atoms with Crippen LogP contribution in [0.4, 0.5) is 16.2 Å². The Morgan fingerprint density at radius 3 is 2.63 bits per heavy atom. The van der Waals surface area contributed by atoms with E-state index in [0.717, 1.165) is 28.4 Å². The molecule has 3 N–H and O–H groups in total. The first-order valence-electron chi connectivity index (χ1n) is 13.3. The van der Waals surface area contributed by atoms with E-state index in [2.05, 4.69) is 31.9 Å². The summed E-state index contributed by atoms with van der Waals surface area (Å²) < 4.78 is 0.749. The van der Waals surface area contributed by atoms with E-state index in [-0.39, 0.29) is 30.3 Å². The van der Waals surface area contributed by atoms with Crippen LogP contribution in [0.3, 0.4) is 0 Å². The Kier molecular flexibility index (Phi) is 8.50. The van der Waals surface area contributed by atoms with E-state index in [1.54, 1.807) is 49.3 Å². The van der Waals surface area contributed by atoms with Gasteiger partial charge in [0.1, 0.15) is 5.54 Å². The van der Waals surface area contributed by atoms with Crippen molar-refractivity contribution in [2.45, 2.75) is 30.8 Å². The molecule has 0 spiro atoms. The summed E-state index contributed by atoms with van der Waals surface area (Å²) in [6.45, 7) is 0.960. The number of amides is 4. The average Bonchev–Trinajstić information content (AvgIpc) is 3.18. The van der Waals surface area contributed by atoms with Crippen LogP contribution in [-0.4, -0.2) is 60.9 Å². The highest BCUT2D eigenvalue weighted by Gasteiger charge is 2.47. The summed E-state index contributed by atoms with van der Waals surface area (Å²) in [4.78, 5) is 43.3. The zero-order valence-corrected chi connectivity index (χ0v) is 25.7. The number of halogens is 3. The van der Waals surface area contributed by atoms with E-state index in [4.69, 9.17) is 23.2 Å². The molecule has 0 radical (unpaired) electrons. The molecule has 41 heavy (non-hydrogen) atoms. The topological polar surface area (TPSA) is 93.8 Å². The number of nitrogens with one attached hydrogen (secondary N) is 3. The number of carbonyl (C=O) groups is 3. The molecule has 8 nitrogen and oxygen atoms in total. The molecule has 2 heterocycles. The number of benzene rings is 3. The van der Waals surface area contributed by atoms with Crippen LogP contribution < -0.4 is 16.0 Å². The predicted molar refractivity (Wildman–Crippen MR) is 166 cm³/mol. The second-order valence-corrected chi connectivity index (χ2v) is 12.4. The highest BCUT2D eigenvalue weighted by atomic mass is 79.9. The lowest BCUT2D eigenvalue weighted by Crippen LogP contribution is -2.51. The fraction of sp³-hybridized carbons (Fsp3) is 0.300. The van der Waals surface area contributed by atoms with Crippen molar-refractivity contribution in [3.05, 3.63) is 91.9 Å². The molecular formula is C30H30BrCl2N5O3. The number of urea groups is 1. The number of rotatable bonds is 6. The van der Waals surface area contributed by atoms with Gasteiger partial charge in [0.15, 0.2) is 0 Å². The molecule has 0 bridgehead atoms. The molecule has 3 aromatic carbocycles. The van der Waals surface area contributed by atoms with Crippen molar-refractivity contribution in [3.63, 3.8) is 0 Å². The van der Waals surface area contributed by atoms with Crippen LogP contribution in [0.1, 0.15) is 34.3 Å². The molecular weight excluding hydrogens is 629 g/mol. The van der Waals surface area contributed by atoms with Gasteiger partial charge in [0, 0.05) is 71.1 Å². The lowest BCUT2D eigenvalue weighted by atomic mass is 9.84. The summed E-state index contributed by atoms with van der Waals surface area (Å²) in [5.74, 6) is -0.450. The Labute approximate surface area is 257 Å². The van der Waals surface area contributed by atoms with E-state index in [1.165, 1.54) is 4.90 Å². The molecule has 2 aliphatic rings. The van der Waals surface area contributed by atoms with Crippen molar-refractivity contribution in [2.75, 3.05) is 37.8 Å². The van der Waals surface area contributed by atoms with Crippen LogP contribution in [0, 0.1) is 0 Å². The highest BCUT2D eigenvalue weighted by Crippen LogP contribution is 2.43. The van der Waals surface area contributed by atoms with E-state index < -0.39 is 5.54 Å². The van der Waals surface area contributed by atoms with Gasteiger partial charge in [0.25, 0.3) is 11.8 Å². The van der Waals surface area contributed by atoms with Crippen LogP contribution in [-0.2, 0) is 16.8 Å². The number of hydrogen-bond donors (Lipinski definition) is 3. The third-order valence-electron chi connectivity index (χ3n) is 7.44. The van der Waals surface area contributed by atoms with Crippen LogP contribution >= 0.6 is 39.1 Å². The van der Waals surface area contributed by atoms with E-state index in [1.807, 2.05) is 30.3 Å². The zero-order valence-electron chi connectivity index (χ0n) is 22.6. The molecule has 11 heteroatoms. The second-order valence-electron chi connectivity index (χ2n) is 10.6. The fourth-order valence-corrected chi connectivity index (χ4v) is 6.18. The summed E-state index contributed by atoms with van der Waals surface area (Å²) in [6.07, 6.45) is 1.83. The Balaban J connectivity index is 1.52. The van der Waals surface area contributed by atoms with E-state index in [9.17, 15) is 14.4 Å². The van der Waals surface area contributed by atoms with Crippen molar-refractivity contribution < 1.29 is 14.4 Å². The average molecular weight is 659 g/mol. The normalized spacial score (nSPS) is 19.8. The summed E-state index contributed by atoms with van der Waals surface area (Å²) in [6, 6.07) is 17.7. The third-order valence-corrected chi connectivity index (χ3v) is 8.40. The Bertz CT molecular complexity index is 1520. The largest absolute Gasteiger partial charge is 0.367 e. The van der Waals surface area contributed by atoms with Gasteiger partial charge in [-0.1, -0.05) is 57.3 Å². The minimum Gasteiger partial charge on any atom is -0.367 e. The minimum atomic E-state index is -1.25. The van der Waals surface area contributed by atoms with Crippen LogP contribution in [0.25, 0.3) is 0 Å². The van der Waals surface area contributed by atoms with Crippen molar-refractivity contribution in [3.8, 4) is 0 Å². The maximum Gasteiger partial charge on any atom is 0.317 e. The third kappa shape index (κ3) is 6.17. The molecule has 5 rings (SSSR count). The van der Waals surface area contributed by atoms with Gasteiger partial charge in [0.05, 0.1) is 5.56 Å². The number of fused-ring (bicyclic) bond motifs is 1. The van der Waals surface area contributed by atoms with Gasteiger partial charge in [-0.05, 0) is 60.9 Å².